The summed E-state index contributed by atoms with van der Waals surface area (Å²) in [6, 6.07) is -0.922. The highest BCUT2D eigenvalue weighted by Crippen LogP contribution is 2.05. The molecule has 0 spiro atoms. The Balaban J connectivity index is 4.50. The minimum Gasteiger partial charge on any atom is -0.393 e. The monoisotopic (exact) mass is 274 g/mol. The molecule has 2 atom stereocenters. The number of hydrogen-bond acceptors (Lipinski definition) is 4. The Bertz CT molecular complexity index is 322. The molecule has 4 N–H and O–H groups in total. The van der Waals surface area contributed by atoms with E-state index in [0.717, 1.165) is 0 Å². The number of carbonyl (C=O) groups is 2. The van der Waals surface area contributed by atoms with Gasteiger partial charge >= 0.3 is 6.03 Å². The third-order valence-electron chi connectivity index (χ3n) is 2.79. The SMILES string of the molecule is CCN(CC(C)C(N)=S)C(C)C(=O)NC(=O)NC. The quantitative estimate of drug-likeness (QED) is 0.597. The van der Waals surface area contributed by atoms with Gasteiger partial charge in [0, 0.05) is 19.5 Å². The highest BCUT2D eigenvalue weighted by atomic mass is 32.1. The summed E-state index contributed by atoms with van der Waals surface area (Å²) in [6.07, 6.45) is 0. The van der Waals surface area contributed by atoms with Crippen LogP contribution < -0.4 is 16.4 Å². The second-order valence-corrected chi connectivity index (χ2v) is 4.61. The van der Waals surface area contributed by atoms with E-state index in [-0.39, 0.29) is 11.8 Å². The van der Waals surface area contributed by atoms with Crippen LogP contribution in [0.2, 0.25) is 0 Å². The number of thiocarbonyl (C=S) groups is 1. The van der Waals surface area contributed by atoms with E-state index in [2.05, 4.69) is 10.6 Å². The van der Waals surface area contributed by atoms with E-state index in [9.17, 15) is 9.59 Å². The summed E-state index contributed by atoms with van der Waals surface area (Å²) in [4.78, 5) is 25.2. The van der Waals surface area contributed by atoms with Gasteiger partial charge in [0.15, 0.2) is 0 Å². The summed E-state index contributed by atoms with van der Waals surface area (Å²) in [6.45, 7) is 6.86. The molecule has 6 nitrogen and oxygen atoms in total. The fraction of sp³-hybridized carbons (Fsp3) is 0.727. The van der Waals surface area contributed by atoms with Crippen LogP contribution >= 0.6 is 12.2 Å². The Labute approximate surface area is 113 Å². The van der Waals surface area contributed by atoms with Gasteiger partial charge < -0.3 is 11.1 Å². The summed E-state index contributed by atoms with van der Waals surface area (Å²) in [5.41, 5.74) is 5.56. The van der Waals surface area contributed by atoms with E-state index in [1.54, 1.807) is 6.92 Å². The lowest BCUT2D eigenvalue weighted by Gasteiger charge is -2.28. The van der Waals surface area contributed by atoms with Crippen molar-refractivity contribution in [1.82, 2.24) is 15.5 Å². The van der Waals surface area contributed by atoms with Crippen LogP contribution in [0, 0.1) is 5.92 Å². The van der Waals surface area contributed by atoms with Gasteiger partial charge in [-0.1, -0.05) is 26.1 Å². The fourth-order valence-electron chi connectivity index (χ4n) is 1.45. The number of imide groups is 1. The molecule has 7 heteroatoms. The molecule has 0 aliphatic carbocycles. The van der Waals surface area contributed by atoms with Gasteiger partial charge in [-0.2, -0.15) is 0 Å². The number of likely N-dealkylation sites (N-methyl/N-ethyl adjacent to an activating group) is 1. The molecule has 0 fully saturated rings. The smallest absolute Gasteiger partial charge is 0.321 e. The molecular weight excluding hydrogens is 252 g/mol. The summed E-state index contributed by atoms with van der Waals surface area (Å²) in [5, 5.41) is 4.59. The van der Waals surface area contributed by atoms with Crippen molar-refractivity contribution in [1.29, 1.82) is 0 Å². The summed E-state index contributed by atoms with van der Waals surface area (Å²) >= 11 is 4.91. The Morgan fingerprint density at radius 2 is 1.94 bits per heavy atom. The number of nitrogens with two attached hydrogens (primary N) is 1. The molecule has 0 aromatic rings. The van der Waals surface area contributed by atoms with Crippen LogP contribution in [-0.4, -0.2) is 48.0 Å². The zero-order chi connectivity index (χ0) is 14.3. The maximum atomic E-state index is 11.8. The predicted octanol–water partition coefficient (Wildman–Crippen LogP) is 0.0746. The molecule has 0 saturated heterocycles. The van der Waals surface area contributed by atoms with Crippen LogP contribution in [0.3, 0.4) is 0 Å². The fourth-order valence-corrected chi connectivity index (χ4v) is 1.52. The lowest BCUT2D eigenvalue weighted by atomic mass is 10.1. The molecule has 0 heterocycles. The Hall–Kier alpha value is -1.21. The van der Waals surface area contributed by atoms with E-state index in [0.29, 0.717) is 18.1 Å². The van der Waals surface area contributed by atoms with E-state index in [4.69, 9.17) is 18.0 Å². The number of nitrogens with one attached hydrogen (secondary N) is 2. The van der Waals surface area contributed by atoms with Crippen molar-refractivity contribution in [2.24, 2.45) is 11.7 Å². The second-order valence-electron chi connectivity index (χ2n) is 4.14. The van der Waals surface area contributed by atoms with Gasteiger partial charge in [0.05, 0.1) is 11.0 Å². The van der Waals surface area contributed by atoms with Gasteiger partial charge in [-0.25, -0.2) is 4.79 Å². The Morgan fingerprint density at radius 1 is 1.39 bits per heavy atom. The molecule has 0 aromatic heterocycles. The number of urea groups is 1. The highest BCUT2D eigenvalue weighted by molar-refractivity contribution is 7.80. The molecule has 0 aromatic carbocycles. The molecule has 18 heavy (non-hydrogen) atoms. The highest BCUT2D eigenvalue weighted by Gasteiger charge is 2.23. The minimum absolute atomic E-state index is 0.0233. The van der Waals surface area contributed by atoms with Crippen molar-refractivity contribution in [3.8, 4) is 0 Å². The average molecular weight is 274 g/mol. The van der Waals surface area contributed by atoms with Crippen molar-refractivity contribution in [3.63, 3.8) is 0 Å². The van der Waals surface area contributed by atoms with Crippen LogP contribution in [0.25, 0.3) is 0 Å². The van der Waals surface area contributed by atoms with Gasteiger partial charge in [0.25, 0.3) is 0 Å². The number of rotatable bonds is 6. The standard InChI is InChI=1S/C11H22N4O2S/c1-5-15(6-7(2)9(12)18)8(3)10(16)14-11(17)13-4/h7-8H,5-6H2,1-4H3,(H2,12,18)(H2,13,14,16,17). The first-order valence-electron chi connectivity index (χ1n) is 5.89. The lowest BCUT2D eigenvalue weighted by molar-refractivity contribution is -0.124. The summed E-state index contributed by atoms with van der Waals surface area (Å²) < 4.78 is 0. The Kier molecular flexibility index (Phi) is 7.45. The second kappa shape index (κ2) is 7.99. The van der Waals surface area contributed by atoms with E-state index in [1.807, 2.05) is 18.7 Å². The average Bonchev–Trinajstić information content (AvgIpc) is 2.34. The molecular formula is C11H22N4O2S. The number of amides is 3. The number of nitrogens with zero attached hydrogens (tertiary/aromatic N) is 1. The maximum Gasteiger partial charge on any atom is 0.321 e. The van der Waals surface area contributed by atoms with Crippen molar-refractivity contribution in [2.45, 2.75) is 26.8 Å². The van der Waals surface area contributed by atoms with Gasteiger partial charge in [-0.05, 0) is 13.5 Å². The van der Waals surface area contributed by atoms with Crippen LogP contribution in [0.1, 0.15) is 20.8 Å². The van der Waals surface area contributed by atoms with E-state index >= 15 is 0 Å². The van der Waals surface area contributed by atoms with Gasteiger partial charge in [0.2, 0.25) is 5.91 Å². The molecule has 3 amide bonds. The molecule has 0 bridgehead atoms. The van der Waals surface area contributed by atoms with Crippen LogP contribution in [-0.2, 0) is 4.79 Å². The molecule has 0 saturated carbocycles. The Morgan fingerprint density at radius 3 is 2.33 bits per heavy atom. The zero-order valence-electron chi connectivity index (χ0n) is 11.3. The van der Waals surface area contributed by atoms with Crippen molar-refractivity contribution in [2.75, 3.05) is 20.1 Å². The maximum absolute atomic E-state index is 11.8. The van der Waals surface area contributed by atoms with E-state index in [1.165, 1.54) is 7.05 Å². The van der Waals surface area contributed by atoms with Gasteiger partial charge in [0.1, 0.15) is 0 Å². The summed E-state index contributed by atoms with van der Waals surface area (Å²) in [7, 11) is 1.46. The topological polar surface area (TPSA) is 87.5 Å². The molecule has 104 valence electrons. The molecule has 0 aliphatic heterocycles. The van der Waals surface area contributed by atoms with Gasteiger partial charge in [-0.15, -0.1) is 0 Å². The van der Waals surface area contributed by atoms with Crippen LogP contribution in [0.4, 0.5) is 4.79 Å². The third-order valence-corrected chi connectivity index (χ3v) is 3.19. The number of hydrogen-bond donors (Lipinski definition) is 3. The van der Waals surface area contributed by atoms with Crippen molar-refractivity contribution < 1.29 is 9.59 Å². The molecule has 2 unspecified atom stereocenters. The normalized spacial score (nSPS) is 13.8. The predicted molar refractivity (Wildman–Crippen MR) is 75.3 cm³/mol. The first-order valence-corrected chi connectivity index (χ1v) is 6.30. The summed E-state index contributed by atoms with van der Waals surface area (Å²) in [5.74, 6) is -0.318. The number of carbonyl (C=O) groups excluding carboxylic acids is 2. The van der Waals surface area contributed by atoms with Crippen LogP contribution in [0.15, 0.2) is 0 Å². The molecule has 0 radical (unpaired) electrons. The first kappa shape index (κ1) is 16.8. The lowest BCUT2D eigenvalue weighted by Crippen LogP contribution is -2.50. The first-order chi connectivity index (χ1) is 8.33. The van der Waals surface area contributed by atoms with Gasteiger partial charge in [-0.3, -0.25) is 15.0 Å². The van der Waals surface area contributed by atoms with Crippen molar-refractivity contribution in [3.05, 3.63) is 0 Å². The molecule has 0 aliphatic rings. The van der Waals surface area contributed by atoms with E-state index < -0.39 is 12.1 Å². The third kappa shape index (κ3) is 5.42. The van der Waals surface area contributed by atoms with Crippen molar-refractivity contribution >= 4 is 29.1 Å². The minimum atomic E-state index is -0.509. The zero-order valence-corrected chi connectivity index (χ0v) is 12.1. The van der Waals surface area contributed by atoms with Crippen LogP contribution in [0.5, 0.6) is 0 Å². The largest absolute Gasteiger partial charge is 0.393 e. The molecule has 0 rings (SSSR count).